The molecule has 1 aliphatic heterocycles. The van der Waals surface area contributed by atoms with Crippen LogP contribution >= 0.6 is 0 Å². The van der Waals surface area contributed by atoms with Gasteiger partial charge in [-0.15, -0.1) is 0 Å². The Kier molecular flexibility index (Phi) is 5.21. The molecule has 0 spiro atoms. The molecule has 7 nitrogen and oxygen atoms in total. The Labute approximate surface area is 167 Å². The van der Waals surface area contributed by atoms with Crippen molar-refractivity contribution in [3.63, 3.8) is 0 Å². The molecule has 1 fully saturated rings. The van der Waals surface area contributed by atoms with Gasteiger partial charge in [0, 0.05) is 32.9 Å². The highest BCUT2D eigenvalue weighted by atomic mass is 19.1. The highest BCUT2D eigenvalue weighted by Gasteiger charge is 2.29. The number of nitrogens with one attached hydrogen (secondary N) is 1. The summed E-state index contributed by atoms with van der Waals surface area (Å²) in [6.45, 7) is 2.31. The highest BCUT2D eigenvalue weighted by molar-refractivity contribution is 5.97. The van der Waals surface area contributed by atoms with E-state index in [1.807, 2.05) is 11.0 Å². The third kappa shape index (κ3) is 3.68. The van der Waals surface area contributed by atoms with Crippen molar-refractivity contribution in [2.75, 3.05) is 31.6 Å². The molecule has 0 radical (unpaired) electrons. The molecular formula is C21H23FN4O3. The molecule has 1 saturated heterocycles. The van der Waals surface area contributed by atoms with Gasteiger partial charge in [0.05, 0.1) is 24.2 Å². The largest absolute Gasteiger partial charge is 0.379 e. The Bertz CT molecular complexity index is 1100. The minimum atomic E-state index is -0.560. The summed E-state index contributed by atoms with van der Waals surface area (Å²) in [5.74, 6) is -0.552. The van der Waals surface area contributed by atoms with Crippen molar-refractivity contribution < 1.29 is 13.9 Å². The van der Waals surface area contributed by atoms with Crippen molar-refractivity contribution in [1.82, 2.24) is 14.0 Å². The first-order chi connectivity index (χ1) is 14.0. The summed E-state index contributed by atoms with van der Waals surface area (Å²) < 4.78 is 21.9. The number of nitrogens with zero attached hydrogens (tertiary/aromatic N) is 3. The number of carbonyl (C=O) groups excluding carboxylic acids is 1. The number of halogens is 1. The Morgan fingerprint density at radius 3 is 2.38 bits per heavy atom. The second-order valence-corrected chi connectivity index (χ2v) is 7.20. The SMILES string of the molecule is Cn1c(=O)n(C)c2cc(NC(=O)[C@@H](c3ccc(F)cc3)N3CCOCC3)ccc21. The van der Waals surface area contributed by atoms with Gasteiger partial charge in [0.2, 0.25) is 5.91 Å². The van der Waals surface area contributed by atoms with Gasteiger partial charge in [-0.1, -0.05) is 12.1 Å². The number of anilines is 1. The number of hydrogen-bond acceptors (Lipinski definition) is 4. The van der Waals surface area contributed by atoms with Crippen LogP contribution in [0, 0.1) is 5.82 Å². The number of amides is 1. The van der Waals surface area contributed by atoms with E-state index < -0.39 is 6.04 Å². The van der Waals surface area contributed by atoms with E-state index in [0.29, 0.717) is 32.0 Å². The number of fused-ring (bicyclic) bond motifs is 1. The molecule has 0 unspecified atom stereocenters. The molecular weight excluding hydrogens is 375 g/mol. The smallest absolute Gasteiger partial charge is 0.328 e. The normalized spacial score (nSPS) is 16.1. The first kappa shape index (κ1) is 19.4. The van der Waals surface area contributed by atoms with Crippen LogP contribution in [-0.2, 0) is 23.6 Å². The zero-order valence-electron chi connectivity index (χ0n) is 16.4. The fourth-order valence-corrected chi connectivity index (χ4v) is 3.80. The number of carbonyl (C=O) groups is 1. The van der Waals surface area contributed by atoms with Crippen LogP contribution in [0.25, 0.3) is 11.0 Å². The minimum Gasteiger partial charge on any atom is -0.379 e. The summed E-state index contributed by atoms with van der Waals surface area (Å²) in [6, 6.07) is 10.8. The fraction of sp³-hybridized carbons (Fsp3) is 0.333. The van der Waals surface area contributed by atoms with Crippen molar-refractivity contribution in [3.8, 4) is 0 Å². The van der Waals surface area contributed by atoms with Crippen molar-refractivity contribution in [2.24, 2.45) is 14.1 Å². The predicted molar refractivity (Wildman–Crippen MR) is 108 cm³/mol. The van der Waals surface area contributed by atoms with Crippen LogP contribution in [-0.4, -0.2) is 46.2 Å². The van der Waals surface area contributed by atoms with Gasteiger partial charge in [0.15, 0.2) is 0 Å². The molecule has 152 valence electrons. The third-order valence-corrected chi connectivity index (χ3v) is 5.38. The molecule has 1 amide bonds. The lowest BCUT2D eigenvalue weighted by atomic mass is 10.0. The average molecular weight is 398 g/mol. The van der Waals surface area contributed by atoms with Gasteiger partial charge in [-0.25, -0.2) is 9.18 Å². The van der Waals surface area contributed by atoms with Gasteiger partial charge in [-0.3, -0.25) is 18.8 Å². The van der Waals surface area contributed by atoms with Crippen molar-refractivity contribution in [1.29, 1.82) is 0 Å². The standard InChI is InChI=1S/C21H23FN4O3/c1-24-17-8-7-16(13-18(17)25(2)21(24)28)23-20(27)19(26-9-11-29-12-10-26)14-3-5-15(22)6-4-14/h3-8,13,19H,9-12H2,1-2H3,(H,23,27)/t19-/m1/s1. The topological polar surface area (TPSA) is 68.5 Å². The van der Waals surface area contributed by atoms with Gasteiger partial charge >= 0.3 is 5.69 Å². The summed E-state index contributed by atoms with van der Waals surface area (Å²) in [5.41, 5.74) is 2.72. The van der Waals surface area contributed by atoms with E-state index in [1.165, 1.54) is 12.1 Å². The molecule has 1 atom stereocenters. The van der Waals surface area contributed by atoms with Crippen LogP contribution in [0.3, 0.4) is 0 Å². The van der Waals surface area contributed by atoms with Crippen LogP contribution in [0.4, 0.5) is 10.1 Å². The quantitative estimate of drug-likeness (QED) is 0.730. The van der Waals surface area contributed by atoms with Crippen LogP contribution in [0.15, 0.2) is 47.3 Å². The molecule has 0 bridgehead atoms. The maximum absolute atomic E-state index is 13.4. The molecule has 2 aromatic carbocycles. The lowest BCUT2D eigenvalue weighted by molar-refractivity contribution is -0.123. The summed E-state index contributed by atoms with van der Waals surface area (Å²) in [5, 5.41) is 2.96. The van der Waals surface area contributed by atoms with Crippen LogP contribution in [0.1, 0.15) is 11.6 Å². The van der Waals surface area contributed by atoms with E-state index in [9.17, 15) is 14.0 Å². The zero-order chi connectivity index (χ0) is 20.5. The molecule has 0 aliphatic carbocycles. The molecule has 4 rings (SSSR count). The molecule has 29 heavy (non-hydrogen) atoms. The minimum absolute atomic E-state index is 0.124. The molecule has 1 aromatic heterocycles. The number of aryl methyl sites for hydroxylation is 2. The van der Waals surface area contributed by atoms with Crippen LogP contribution in [0.5, 0.6) is 0 Å². The first-order valence-electron chi connectivity index (χ1n) is 9.49. The fourth-order valence-electron chi connectivity index (χ4n) is 3.80. The number of ether oxygens (including phenoxy) is 1. The molecule has 3 aromatic rings. The van der Waals surface area contributed by atoms with Gasteiger partial charge in [-0.2, -0.15) is 0 Å². The molecule has 1 N–H and O–H groups in total. The van der Waals surface area contributed by atoms with Gasteiger partial charge < -0.3 is 10.1 Å². The first-order valence-corrected chi connectivity index (χ1v) is 9.49. The average Bonchev–Trinajstić information content (AvgIpc) is 2.94. The van der Waals surface area contributed by atoms with Crippen LogP contribution < -0.4 is 11.0 Å². The zero-order valence-corrected chi connectivity index (χ0v) is 16.4. The Morgan fingerprint density at radius 1 is 1.03 bits per heavy atom. The van der Waals surface area contributed by atoms with Crippen LogP contribution in [0.2, 0.25) is 0 Å². The number of aromatic nitrogens is 2. The van der Waals surface area contributed by atoms with Crippen molar-refractivity contribution in [3.05, 3.63) is 64.3 Å². The number of benzene rings is 2. The van der Waals surface area contributed by atoms with E-state index in [2.05, 4.69) is 5.32 Å². The Balaban J connectivity index is 1.65. The van der Waals surface area contributed by atoms with Crippen molar-refractivity contribution in [2.45, 2.75) is 6.04 Å². The maximum Gasteiger partial charge on any atom is 0.328 e. The van der Waals surface area contributed by atoms with Gasteiger partial charge in [0.1, 0.15) is 11.9 Å². The summed E-state index contributed by atoms with van der Waals surface area (Å²) in [6.07, 6.45) is 0. The van der Waals surface area contributed by atoms with E-state index in [4.69, 9.17) is 4.74 Å². The number of morpholine rings is 1. The van der Waals surface area contributed by atoms with E-state index in [0.717, 1.165) is 16.6 Å². The number of rotatable bonds is 4. The summed E-state index contributed by atoms with van der Waals surface area (Å²) in [4.78, 5) is 27.4. The molecule has 1 aliphatic rings. The lowest BCUT2D eigenvalue weighted by Crippen LogP contribution is -2.43. The maximum atomic E-state index is 13.4. The molecule has 8 heteroatoms. The number of hydrogen-bond donors (Lipinski definition) is 1. The Hall–Kier alpha value is -2.97. The summed E-state index contributed by atoms with van der Waals surface area (Å²) >= 11 is 0. The predicted octanol–water partition coefficient (Wildman–Crippen LogP) is 2.03. The second-order valence-electron chi connectivity index (χ2n) is 7.20. The van der Waals surface area contributed by atoms with Gasteiger partial charge in [0.25, 0.3) is 0 Å². The summed E-state index contributed by atoms with van der Waals surface area (Å²) in [7, 11) is 3.41. The molecule has 2 heterocycles. The van der Waals surface area contributed by atoms with E-state index >= 15 is 0 Å². The monoisotopic (exact) mass is 398 g/mol. The Morgan fingerprint density at radius 2 is 1.69 bits per heavy atom. The van der Waals surface area contributed by atoms with Crippen molar-refractivity contribution >= 4 is 22.6 Å². The van der Waals surface area contributed by atoms with E-state index in [-0.39, 0.29) is 17.4 Å². The third-order valence-electron chi connectivity index (χ3n) is 5.38. The molecule has 0 saturated carbocycles. The lowest BCUT2D eigenvalue weighted by Gasteiger charge is -2.33. The highest BCUT2D eigenvalue weighted by Crippen LogP contribution is 2.25. The number of imidazole rings is 1. The van der Waals surface area contributed by atoms with Gasteiger partial charge in [-0.05, 0) is 35.9 Å². The van der Waals surface area contributed by atoms with E-state index in [1.54, 1.807) is 47.5 Å². The second kappa shape index (κ2) is 7.81.